The molecular formula is C26H29N3O4S. The number of aryl methyl sites for hydroxylation is 1. The van der Waals surface area contributed by atoms with Gasteiger partial charge in [-0.2, -0.15) is 4.37 Å². The van der Waals surface area contributed by atoms with Gasteiger partial charge in [0.2, 0.25) is 0 Å². The summed E-state index contributed by atoms with van der Waals surface area (Å²) in [6.45, 7) is 5.42. The SMILES string of the molecule is Cc1nsc(-c2ccc(N3CCC(CC(=O)O)CC3)cc2)c1NC(=O)OC(C)c1ccccc1. The normalized spacial score (nSPS) is 15.1. The van der Waals surface area contributed by atoms with E-state index < -0.39 is 12.1 Å². The number of ether oxygens (including phenoxy) is 1. The van der Waals surface area contributed by atoms with E-state index >= 15 is 0 Å². The Hall–Kier alpha value is -3.39. The first kappa shape index (κ1) is 23.8. The fourth-order valence-corrected chi connectivity index (χ4v) is 5.12. The Balaban J connectivity index is 1.40. The van der Waals surface area contributed by atoms with Crippen LogP contribution < -0.4 is 10.2 Å². The van der Waals surface area contributed by atoms with E-state index in [1.807, 2.05) is 56.3 Å². The van der Waals surface area contributed by atoms with Crippen molar-refractivity contribution in [2.75, 3.05) is 23.3 Å². The van der Waals surface area contributed by atoms with Gasteiger partial charge in [0.1, 0.15) is 6.10 Å². The second kappa shape index (κ2) is 10.7. The Labute approximate surface area is 203 Å². The third-order valence-electron chi connectivity index (χ3n) is 6.22. The summed E-state index contributed by atoms with van der Waals surface area (Å²) in [6.07, 6.45) is 1.15. The molecule has 1 aromatic heterocycles. The highest BCUT2D eigenvalue weighted by atomic mass is 32.1. The van der Waals surface area contributed by atoms with Crippen molar-refractivity contribution < 1.29 is 19.4 Å². The molecule has 0 spiro atoms. The number of aromatic nitrogens is 1. The maximum absolute atomic E-state index is 12.6. The zero-order valence-electron chi connectivity index (χ0n) is 19.4. The van der Waals surface area contributed by atoms with Crippen molar-refractivity contribution in [3.05, 3.63) is 65.9 Å². The van der Waals surface area contributed by atoms with Crippen molar-refractivity contribution in [3.8, 4) is 10.4 Å². The lowest BCUT2D eigenvalue weighted by molar-refractivity contribution is -0.138. The third-order valence-corrected chi connectivity index (χ3v) is 7.20. The van der Waals surface area contributed by atoms with E-state index in [4.69, 9.17) is 9.84 Å². The Kier molecular flexibility index (Phi) is 7.47. The number of amides is 1. The number of hydrogen-bond donors (Lipinski definition) is 2. The third kappa shape index (κ3) is 5.75. The second-order valence-corrected chi connectivity index (χ2v) is 9.40. The number of nitrogens with one attached hydrogen (secondary N) is 1. The van der Waals surface area contributed by atoms with Crippen LogP contribution in [0.5, 0.6) is 0 Å². The summed E-state index contributed by atoms with van der Waals surface area (Å²) in [5, 5.41) is 11.9. The van der Waals surface area contributed by atoms with Crippen LogP contribution in [-0.2, 0) is 9.53 Å². The van der Waals surface area contributed by atoms with Crippen LogP contribution in [0.1, 0.15) is 43.5 Å². The minimum atomic E-state index is -0.717. The topological polar surface area (TPSA) is 91.8 Å². The highest BCUT2D eigenvalue weighted by Crippen LogP contribution is 2.36. The molecule has 8 heteroatoms. The average molecular weight is 480 g/mol. The molecule has 1 aliphatic heterocycles. The number of carbonyl (C=O) groups excluding carboxylic acids is 1. The number of aliphatic carboxylic acids is 1. The van der Waals surface area contributed by atoms with E-state index in [1.54, 1.807) is 0 Å². The molecule has 1 aliphatic rings. The molecule has 4 rings (SSSR count). The van der Waals surface area contributed by atoms with E-state index in [-0.39, 0.29) is 18.4 Å². The lowest BCUT2D eigenvalue weighted by Gasteiger charge is -2.33. The van der Waals surface area contributed by atoms with Gasteiger partial charge in [0.15, 0.2) is 0 Å². The smallest absolute Gasteiger partial charge is 0.412 e. The van der Waals surface area contributed by atoms with E-state index in [0.29, 0.717) is 5.69 Å². The Morgan fingerprint density at radius 1 is 1.15 bits per heavy atom. The monoisotopic (exact) mass is 479 g/mol. The van der Waals surface area contributed by atoms with Crippen molar-refractivity contribution in [2.45, 2.75) is 39.2 Å². The van der Waals surface area contributed by atoms with Crippen molar-refractivity contribution in [3.63, 3.8) is 0 Å². The number of piperidine rings is 1. The molecule has 2 heterocycles. The van der Waals surface area contributed by atoms with E-state index in [1.165, 1.54) is 11.5 Å². The average Bonchev–Trinajstić information content (AvgIpc) is 3.19. The molecule has 34 heavy (non-hydrogen) atoms. The molecule has 7 nitrogen and oxygen atoms in total. The van der Waals surface area contributed by atoms with Crippen LogP contribution in [0.3, 0.4) is 0 Å². The van der Waals surface area contributed by atoms with Gasteiger partial charge in [-0.05, 0) is 67.4 Å². The summed E-state index contributed by atoms with van der Waals surface area (Å²) in [5.41, 5.74) is 4.43. The fourth-order valence-electron chi connectivity index (χ4n) is 4.26. The van der Waals surface area contributed by atoms with Gasteiger partial charge in [0.05, 0.1) is 16.3 Å². The van der Waals surface area contributed by atoms with Gasteiger partial charge in [-0.1, -0.05) is 42.5 Å². The summed E-state index contributed by atoms with van der Waals surface area (Å²) in [7, 11) is 0. The molecule has 178 valence electrons. The van der Waals surface area contributed by atoms with Crippen molar-refractivity contribution in [2.24, 2.45) is 5.92 Å². The molecule has 0 aliphatic carbocycles. The molecule has 3 aromatic rings. The second-order valence-electron chi connectivity index (χ2n) is 8.63. The molecular weight excluding hydrogens is 450 g/mol. The first-order valence-corrected chi connectivity index (χ1v) is 12.2. The van der Waals surface area contributed by atoms with Gasteiger partial charge in [-0.25, -0.2) is 4.79 Å². The summed E-state index contributed by atoms with van der Waals surface area (Å²) in [4.78, 5) is 26.7. The van der Waals surface area contributed by atoms with Crippen LogP contribution in [0.2, 0.25) is 0 Å². The van der Waals surface area contributed by atoms with Gasteiger partial charge in [0, 0.05) is 25.2 Å². The number of carboxylic acid groups (broad SMARTS) is 1. The zero-order valence-corrected chi connectivity index (χ0v) is 20.2. The minimum Gasteiger partial charge on any atom is -0.481 e. The van der Waals surface area contributed by atoms with Crippen LogP contribution in [0.15, 0.2) is 54.6 Å². The van der Waals surface area contributed by atoms with E-state index in [2.05, 4.69) is 26.7 Å². The quantitative estimate of drug-likeness (QED) is 0.424. The number of anilines is 2. The maximum atomic E-state index is 12.6. The van der Waals surface area contributed by atoms with Gasteiger partial charge in [0.25, 0.3) is 0 Å². The Morgan fingerprint density at radius 3 is 2.47 bits per heavy atom. The van der Waals surface area contributed by atoms with Crippen LogP contribution >= 0.6 is 11.5 Å². The fraction of sp³-hybridized carbons (Fsp3) is 0.346. The lowest BCUT2D eigenvalue weighted by atomic mass is 9.93. The number of nitrogens with zero attached hydrogens (tertiary/aromatic N) is 2. The molecule has 0 bridgehead atoms. The maximum Gasteiger partial charge on any atom is 0.412 e. The molecule has 2 N–H and O–H groups in total. The molecule has 1 fully saturated rings. The lowest BCUT2D eigenvalue weighted by Crippen LogP contribution is -2.34. The molecule has 1 saturated heterocycles. The summed E-state index contributed by atoms with van der Waals surface area (Å²) >= 11 is 1.34. The molecule has 1 unspecified atom stereocenters. The van der Waals surface area contributed by atoms with Crippen LogP contribution in [0.4, 0.5) is 16.2 Å². The van der Waals surface area contributed by atoms with Crippen LogP contribution in [-0.4, -0.2) is 34.6 Å². The van der Waals surface area contributed by atoms with E-state index in [0.717, 1.165) is 53.3 Å². The summed E-state index contributed by atoms with van der Waals surface area (Å²) in [5.74, 6) is -0.461. The number of benzene rings is 2. The molecule has 1 atom stereocenters. The molecule has 2 aromatic carbocycles. The molecule has 1 amide bonds. The van der Waals surface area contributed by atoms with Crippen LogP contribution in [0, 0.1) is 12.8 Å². The number of carboxylic acids is 1. The first-order valence-electron chi connectivity index (χ1n) is 11.5. The minimum absolute atomic E-state index is 0.250. The van der Waals surface area contributed by atoms with E-state index in [9.17, 15) is 9.59 Å². The van der Waals surface area contributed by atoms with Crippen LogP contribution in [0.25, 0.3) is 10.4 Å². The zero-order chi connectivity index (χ0) is 24.1. The van der Waals surface area contributed by atoms with Crippen molar-refractivity contribution in [1.82, 2.24) is 4.37 Å². The van der Waals surface area contributed by atoms with Crippen molar-refractivity contribution in [1.29, 1.82) is 0 Å². The summed E-state index contributed by atoms with van der Waals surface area (Å²) in [6, 6.07) is 17.8. The number of hydrogen-bond acceptors (Lipinski definition) is 6. The van der Waals surface area contributed by atoms with Gasteiger partial charge in [-0.15, -0.1) is 0 Å². The predicted octanol–water partition coefficient (Wildman–Crippen LogP) is 6.12. The Bertz CT molecular complexity index is 1120. The highest BCUT2D eigenvalue weighted by molar-refractivity contribution is 7.10. The first-order chi connectivity index (χ1) is 16.4. The predicted molar refractivity (Wildman–Crippen MR) is 134 cm³/mol. The van der Waals surface area contributed by atoms with Crippen molar-refractivity contribution >= 4 is 35.0 Å². The molecule has 0 saturated carbocycles. The Morgan fingerprint density at radius 2 is 1.82 bits per heavy atom. The number of rotatable bonds is 7. The number of carbonyl (C=O) groups is 2. The van der Waals surface area contributed by atoms with Gasteiger partial charge < -0.3 is 14.7 Å². The summed E-state index contributed by atoms with van der Waals surface area (Å²) < 4.78 is 10.0. The van der Waals surface area contributed by atoms with Gasteiger partial charge >= 0.3 is 12.1 Å². The van der Waals surface area contributed by atoms with Gasteiger partial charge in [-0.3, -0.25) is 10.1 Å². The standard InChI is InChI=1S/C26H29N3O4S/c1-17-24(27-26(32)33-18(2)20-6-4-3-5-7-20)25(34-28-17)21-8-10-22(11-9-21)29-14-12-19(13-15-29)16-23(30)31/h3-11,18-19H,12-16H2,1-2H3,(H,27,32)(H,30,31). The highest BCUT2D eigenvalue weighted by Gasteiger charge is 2.22. The molecule has 0 radical (unpaired) electrons. The largest absolute Gasteiger partial charge is 0.481 e.